The lowest BCUT2D eigenvalue weighted by Gasteiger charge is -2.05. The number of hydrazone groups is 1. The molecular weight excluding hydrogens is 309 g/mol. The Morgan fingerprint density at radius 1 is 1.29 bits per heavy atom. The number of amides is 1. The molecule has 0 aliphatic carbocycles. The number of carbonyl (C=O) groups is 1. The maximum atomic E-state index is 11.8. The lowest BCUT2D eigenvalue weighted by atomic mass is 10.1. The number of nitrogens with one attached hydrogen (secondary N) is 1. The van der Waals surface area contributed by atoms with E-state index in [4.69, 9.17) is 23.2 Å². The Hall–Kier alpha value is -1.78. The number of carbonyl (C=O) groups excluding carboxylic acids is 1. The molecule has 110 valence electrons. The van der Waals surface area contributed by atoms with Gasteiger partial charge in [0.1, 0.15) is 0 Å². The molecule has 0 saturated carbocycles. The predicted molar refractivity (Wildman–Crippen MR) is 85.9 cm³/mol. The molecule has 0 spiro atoms. The average Bonchev–Trinajstić information content (AvgIpc) is 2.84. The van der Waals surface area contributed by atoms with Gasteiger partial charge in [-0.1, -0.05) is 29.3 Å². The standard InChI is InChI=1S/C15H15Cl2N3O/c1-10(11-5-6-13(16)14(17)8-11)18-19-15(21)9-12-4-3-7-20(12)2/h3-8H,9H2,1-2H3,(H,19,21)/b18-10+. The maximum absolute atomic E-state index is 11.8. The van der Waals surface area contributed by atoms with Crippen LogP contribution in [0.1, 0.15) is 18.2 Å². The van der Waals surface area contributed by atoms with Crippen LogP contribution in [-0.2, 0) is 18.3 Å². The number of aryl methyl sites for hydroxylation is 1. The van der Waals surface area contributed by atoms with Gasteiger partial charge in [-0.25, -0.2) is 5.43 Å². The third kappa shape index (κ3) is 4.09. The Kier molecular flexibility index (Phi) is 5.04. The molecule has 2 aromatic rings. The highest BCUT2D eigenvalue weighted by Crippen LogP contribution is 2.22. The molecule has 0 unspecified atom stereocenters. The summed E-state index contributed by atoms with van der Waals surface area (Å²) in [5, 5.41) is 5.03. The molecule has 1 amide bonds. The van der Waals surface area contributed by atoms with Gasteiger partial charge in [0.15, 0.2) is 0 Å². The largest absolute Gasteiger partial charge is 0.354 e. The van der Waals surface area contributed by atoms with Crippen LogP contribution in [0.5, 0.6) is 0 Å². The van der Waals surface area contributed by atoms with E-state index in [9.17, 15) is 4.79 Å². The van der Waals surface area contributed by atoms with E-state index < -0.39 is 0 Å². The van der Waals surface area contributed by atoms with E-state index in [0.29, 0.717) is 15.8 Å². The number of hydrogen-bond acceptors (Lipinski definition) is 2. The van der Waals surface area contributed by atoms with Crippen LogP contribution in [0, 0.1) is 0 Å². The van der Waals surface area contributed by atoms with Gasteiger partial charge in [0.05, 0.1) is 22.2 Å². The monoisotopic (exact) mass is 323 g/mol. The Balaban J connectivity index is 2.01. The summed E-state index contributed by atoms with van der Waals surface area (Å²) in [7, 11) is 1.90. The van der Waals surface area contributed by atoms with Gasteiger partial charge in [-0.2, -0.15) is 5.10 Å². The molecule has 1 aromatic carbocycles. The van der Waals surface area contributed by atoms with Crippen molar-refractivity contribution in [2.45, 2.75) is 13.3 Å². The average molecular weight is 324 g/mol. The minimum Gasteiger partial charge on any atom is -0.354 e. The van der Waals surface area contributed by atoms with Gasteiger partial charge < -0.3 is 4.57 Å². The summed E-state index contributed by atoms with van der Waals surface area (Å²) in [6.45, 7) is 1.79. The van der Waals surface area contributed by atoms with E-state index in [2.05, 4.69) is 10.5 Å². The molecule has 1 aromatic heterocycles. The Labute approximate surface area is 133 Å². The van der Waals surface area contributed by atoms with Crippen LogP contribution >= 0.6 is 23.2 Å². The van der Waals surface area contributed by atoms with E-state index in [0.717, 1.165) is 11.3 Å². The summed E-state index contributed by atoms with van der Waals surface area (Å²) in [4.78, 5) is 11.8. The van der Waals surface area contributed by atoms with Crippen molar-refractivity contribution >= 4 is 34.8 Å². The van der Waals surface area contributed by atoms with Crippen molar-refractivity contribution in [1.82, 2.24) is 9.99 Å². The molecule has 0 bridgehead atoms. The van der Waals surface area contributed by atoms with Gasteiger partial charge in [0, 0.05) is 18.9 Å². The number of benzene rings is 1. The second kappa shape index (κ2) is 6.78. The smallest absolute Gasteiger partial charge is 0.246 e. The summed E-state index contributed by atoms with van der Waals surface area (Å²) < 4.78 is 1.90. The zero-order valence-corrected chi connectivity index (χ0v) is 13.2. The summed E-state index contributed by atoms with van der Waals surface area (Å²) in [6, 6.07) is 9.01. The highest BCUT2D eigenvalue weighted by molar-refractivity contribution is 6.42. The maximum Gasteiger partial charge on any atom is 0.246 e. The molecule has 0 fully saturated rings. The van der Waals surface area contributed by atoms with Crippen molar-refractivity contribution < 1.29 is 4.79 Å². The lowest BCUT2D eigenvalue weighted by Crippen LogP contribution is -2.22. The van der Waals surface area contributed by atoms with Crippen LogP contribution in [-0.4, -0.2) is 16.2 Å². The van der Waals surface area contributed by atoms with Crippen LogP contribution in [0.15, 0.2) is 41.6 Å². The van der Waals surface area contributed by atoms with Gasteiger partial charge in [-0.15, -0.1) is 0 Å². The minimum absolute atomic E-state index is 0.170. The van der Waals surface area contributed by atoms with E-state index in [1.165, 1.54) is 0 Å². The zero-order chi connectivity index (χ0) is 15.4. The third-order valence-corrected chi connectivity index (χ3v) is 3.82. The summed E-state index contributed by atoms with van der Waals surface area (Å²) in [5.41, 5.74) is 4.94. The Morgan fingerprint density at radius 2 is 2.05 bits per heavy atom. The van der Waals surface area contributed by atoms with Crippen molar-refractivity contribution in [2.24, 2.45) is 12.1 Å². The topological polar surface area (TPSA) is 46.4 Å². The summed E-state index contributed by atoms with van der Waals surface area (Å²) >= 11 is 11.8. The molecule has 0 saturated heterocycles. The highest BCUT2D eigenvalue weighted by atomic mass is 35.5. The quantitative estimate of drug-likeness (QED) is 0.680. The normalized spacial score (nSPS) is 11.5. The van der Waals surface area contributed by atoms with Gasteiger partial charge in [0.25, 0.3) is 0 Å². The molecule has 0 aliphatic heterocycles. The van der Waals surface area contributed by atoms with E-state index >= 15 is 0 Å². The Morgan fingerprint density at radius 3 is 2.67 bits per heavy atom. The van der Waals surface area contributed by atoms with E-state index in [1.54, 1.807) is 25.1 Å². The van der Waals surface area contributed by atoms with Crippen LogP contribution in [0.3, 0.4) is 0 Å². The molecule has 0 atom stereocenters. The van der Waals surface area contributed by atoms with Gasteiger partial charge in [0.2, 0.25) is 5.91 Å². The van der Waals surface area contributed by atoms with Crippen molar-refractivity contribution in [3.05, 3.63) is 57.8 Å². The van der Waals surface area contributed by atoms with Crippen molar-refractivity contribution in [3.8, 4) is 0 Å². The number of halogens is 2. The first-order valence-corrected chi connectivity index (χ1v) is 7.11. The van der Waals surface area contributed by atoms with Gasteiger partial charge in [-0.05, 0) is 36.8 Å². The van der Waals surface area contributed by atoms with Crippen LogP contribution in [0.4, 0.5) is 0 Å². The van der Waals surface area contributed by atoms with E-state index in [-0.39, 0.29) is 12.3 Å². The molecule has 1 N–H and O–H groups in total. The van der Waals surface area contributed by atoms with Gasteiger partial charge >= 0.3 is 0 Å². The number of nitrogens with zero attached hydrogens (tertiary/aromatic N) is 2. The first-order chi connectivity index (χ1) is 9.97. The molecular formula is C15H15Cl2N3O. The summed E-state index contributed by atoms with van der Waals surface area (Å²) in [5.74, 6) is -0.170. The van der Waals surface area contributed by atoms with E-state index in [1.807, 2.05) is 29.9 Å². The fourth-order valence-corrected chi connectivity index (χ4v) is 2.11. The van der Waals surface area contributed by atoms with Crippen molar-refractivity contribution in [1.29, 1.82) is 0 Å². The zero-order valence-electron chi connectivity index (χ0n) is 11.7. The highest BCUT2D eigenvalue weighted by Gasteiger charge is 2.06. The van der Waals surface area contributed by atoms with Crippen LogP contribution < -0.4 is 5.43 Å². The van der Waals surface area contributed by atoms with Gasteiger partial charge in [-0.3, -0.25) is 4.79 Å². The van der Waals surface area contributed by atoms with Crippen LogP contribution in [0.25, 0.3) is 0 Å². The molecule has 0 aliphatic rings. The molecule has 1 heterocycles. The SMILES string of the molecule is C/C(=N\NC(=O)Cc1cccn1C)c1ccc(Cl)c(Cl)c1. The number of hydrogen-bond donors (Lipinski definition) is 1. The van der Waals surface area contributed by atoms with Crippen molar-refractivity contribution in [3.63, 3.8) is 0 Å². The molecule has 0 radical (unpaired) electrons. The number of aromatic nitrogens is 1. The predicted octanol–water partition coefficient (Wildman–Crippen LogP) is 3.41. The Bertz CT molecular complexity index is 692. The second-order valence-electron chi connectivity index (χ2n) is 4.65. The fourth-order valence-electron chi connectivity index (χ4n) is 1.82. The summed E-state index contributed by atoms with van der Waals surface area (Å²) in [6.07, 6.45) is 2.18. The first kappa shape index (κ1) is 15.6. The second-order valence-corrected chi connectivity index (χ2v) is 5.46. The van der Waals surface area contributed by atoms with Crippen molar-refractivity contribution in [2.75, 3.05) is 0 Å². The molecule has 21 heavy (non-hydrogen) atoms. The number of rotatable bonds is 4. The molecule has 4 nitrogen and oxygen atoms in total. The first-order valence-electron chi connectivity index (χ1n) is 6.36. The lowest BCUT2D eigenvalue weighted by molar-refractivity contribution is -0.120. The minimum atomic E-state index is -0.170. The van der Waals surface area contributed by atoms with Crippen LogP contribution in [0.2, 0.25) is 10.0 Å². The molecule has 2 rings (SSSR count). The third-order valence-electron chi connectivity index (χ3n) is 3.08. The molecule has 6 heteroatoms. The fraction of sp³-hybridized carbons (Fsp3) is 0.200.